The summed E-state index contributed by atoms with van der Waals surface area (Å²) in [5, 5.41) is 3.02. The van der Waals surface area contributed by atoms with Gasteiger partial charge in [-0.1, -0.05) is 0 Å². The van der Waals surface area contributed by atoms with E-state index in [1.54, 1.807) is 6.07 Å². The lowest BCUT2D eigenvalue weighted by atomic mass is 10.2. The van der Waals surface area contributed by atoms with Crippen LogP contribution >= 0.6 is 0 Å². The van der Waals surface area contributed by atoms with Crippen molar-refractivity contribution in [1.82, 2.24) is 0 Å². The molecule has 3 heteroatoms. The zero-order chi connectivity index (χ0) is 9.97. The minimum atomic E-state index is 0.320. The zero-order valence-corrected chi connectivity index (χ0v) is 8.12. The molecule has 0 atom stereocenters. The van der Waals surface area contributed by atoms with Gasteiger partial charge in [0.2, 0.25) is 0 Å². The Hall–Kier alpha value is -1.51. The predicted molar refractivity (Wildman–Crippen MR) is 55.0 cm³/mol. The molecule has 1 fully saturated rings. The van der Waals surface area contributed by atoms with Crippen LogP contribution in [0.15, 0.2) is 18.2 Å². The third-order valence-electron chi connectivity index (χ3n) is 2.25. The van der Waals surface area contributed by atoms with Gasteiger partial charge in [0.1, 0.15) is 5.75 Å². The number of rotatable bonds is 4. The monoisotopic (exact) mass is 191 g/mol. The molecule has 1 aliphatic carbocycles. The van der Waals surface area contributed by atoms with Gasteiger partial charge in [0.15, 0.2) is 6.29 Å². The van der Waals surface area contributed by atoms with Crippen LogP contribution in [-0.2, 0) is 0 Å². The van der Waals surface area contributed by atoms with Crippen LogP contribution in [0.2, 0.25) is 0 Å². The Balaban J connectivity index is 2.26. The van der Waals surface area contributed by atoms with Gasteiger partial charge >= 0.3 is 0 Å². The molecule has 14 heavy (non-hydrogen) atoms. The normalized spacial score (nSPS) is 14.9. The van der Waals surface area contributed by atoms with Gasteiger partial charge in [0.25, 0.3) is 0 Å². The molecular weight excluding hydrogens is 178 g/mol. The van der Waals surface area contributed by atoms with E-state index in [1.165, 1.54) is 0 Å². The Bertz CT molecular complexity index is 345. The summed E-state index contributed by atoms with van der Waals surface area (Å²) in [6.07, 6.45) is 3.35. The number of carbonyl (C=O) groups is 1. The van der Waals surface area contributed by atoms with E-state index < -0.39 is 0 Å². The number of hydrogen-bond donors (Lipinski definition) is 1. The summed E-state index contributed by atoms with van der Waals surface area (Å²) in [5.74, 6) is 0.689. The molecule has 0 radical (unpaired) electrons. The van der Waals surface area contributed by atoms with Crippen LogP contribution in [-0.4, -0.2) is 19.4 Å². The van der Waals surface area contributed by atoms with E-state index >= 15 is 0 Å². The molecule has 1 aromatic rings. The van der Waals surface area contributed by atoms with Crippen molar-refractivity contribution in [3.05, 3.63) is 23.8 Å². The van der Waals surface area contributed by atoms with Crippen LogP contribution in [0, 0.1) is 0 Å². The molecule has 74 valence electrons. The van der Waals surface area contributed by atoms with Crippen molar-refractivity contribution in [2.45, 2.75) is 18.9 Å². The number of aldehydes is 1. The van der Waals surface area contributed by atoms with E-state index in [2.05, 4.69) is 5.32 Å². The van der Waals surface area contributed by atoms with Gasteiger partial charge in [-0.15, -0.1) is 0 Å². The minimum absolute atomic E-state index is 0.320. The van der Waals surface area contributed by atoms with Gasteiger partial charge in [0.05, 0.1) is 11.7 Å². The second kappa shape index (κ2) is 3.70. The fourth-order valence-corrected chi connectivity index (χ4v) is 1.25. The number of anilines is 1. The summed E-state index contributed by atoms with van der Waals surface area (Å²) in [4.78, 5) is 10.7. The molecule has 0 saturated heterocycles. The van der Waals surface area contributed by atoms with Crippen molar-refractivity contribution < 1.29 is 9.53 Å². The number of carbonyl (C=O) groups excluding carboxylic acids is 1. The molecule has 0 unspecified atom stereocenters. The van der Waals surface area contributed by atoms with Gasteiger partial charge in [-0.25, -0.2) is 0 Å². The second-order valence-electron chi connectivity index (χ2n) is 3.44. The van der Waals surface area contributed by atoms with Crippen LogP contribution in [0.3, 0.4) is 0 Å². The summed E-state index contributed by atoms with van der Waals surface area (Å²) in [7, 11) is 1.84. The first kappa shape index (κ1) is 9.06. The molecule has 1 aromatic carbocycles. The standard InChI is InChI=1S/C11H13NO2/c1-12-9-3-2-8(7-13)11(6-9)14-10-4-5-10/h2-3,6-7,10,12H,4-5H2,1H3. The minimum Gasteiger partial charge on any atom is -0.490 e. The second-order valence-corrected chi connectivity index (χ2v) is 3.44. The average molecular weight is 191 g/mol. The summed E-state index contributed by atoms with van der Waals surface area (Å²) in [5.41, 5.74) is 1.59. The zero-order valence-electron chi connectivity index (χ0n) is 8.12. The van der Waals surface area contributed by atoms with Crippen LogP contribution < -0.4 is 10.1 Å². The average Bonchev–Trinajstić information content (AvgIpc) is 3.01. The van der Waals surface area contributed by atoms with Crippen molar-refractivity contribution in [2.75, 3.05) is 12.4 Å². The van der Waals surface area contributed by atoms with E-state index in [9.17, 15) is 4.79 Å². The highest BCUT2D eigenvalue weighted by Crippen LogP contribution is 2.30. The molecule has 3 nitrogen and oxygen atoms in total. The molecular formula is C11H13NO2. The summed E-state index contributed by atoms with van der Waals surface area (Å²) < 4.78 is 5.62. The molecule has 0 bridgehead atoms. The van der Waals surface area contributed by atoms with E-state index in [1.807, 2.05) is 19.2 Å². The first-order chi connectivity index (χ1) is 6.83. The third-order valence-corrected chi connectivity index (χ3v) is 2.25. The van der Waals surface area contributed by atoms with E-state index in [4.69, 9.17) is 4.74 Å². The Morgan fingerprint density at radius 1 is 1.50 bits per heavy atom. The van der Waals surface area contributed by atoms with Crippen LogP contribution in [0.5, 0.6) is 5.75 Å². The highest BCUT2D eigenvalue weighted by atomic mass is 16.5. The van der Waals surface area contributed by atoms with Gasteiger partial charge in [-0.05, 0) is 25.0 Å². The molecule has 1 saturated carbocycles. The largest absolute Gasteiger partial charge is 0.490 e. The van der Waals surface area contributed by atoms with Crippen LogP contribution in [0.1, 0.15) is 23.2 Å². The fourth-order valence-electron chi connectivity index (χ4n) is 1.25. The molecule has 0 aliphatic heterocycles. The highest BCUT2D eigenvalue weighted by molar-refractivity contribution is 5.80. The van der Waals surface area contributed by atoms with Crippen LogP contribution in [0.25, 0.3) is 0 Å². The Morgan fingerprint density at radius 3 is 2.86 bits per heavy atom. The molecule has 1 aliphatic rings. The molecule has 0 spiro atoms. The molecule has 0 amide bonds. The lowest BCUT2D eigenvalue weighted by Gasteiger charge is -2.09. The highest BCUT2D eigenvalue weighted by Gasteiger charge is 2.24. The van der Waals surface area contributed by atoms with Gasteiger partial charge in [0, 0.05) is 18.8 Å². The van der Waals surface area contributed by atoms with Gasteiger partial charge in [-0.3, -0.25) is 4.79 Å². The van der Waals surface area contributed by atoms with Crippen molar-refractivity contribution in [1.29, 1.82) is 0 Å². The van der Waals surface area contributed by atoms with Crippen molar-refractivity contribution in [3.63, 3.8) is 0 Å². The lowest BCUT2D eigenvalue weighted by molar-refractivity contribution is 0.111. The fraction of sp³-hybridized carbons (Fsp3) is 0.364. The maximum Gasteiger partial charge on any atom is 0.153 e. The number of ether oxygens (including phenoxy) is 1. The van der Waals surface area contributed by atoms with E-state index in [0.29, 0.717) is 17.4 Å². The van der Waals surface area contributed by atoms with Crippen molar-refractivity contribution in [3.8, 4) is 5.75 Å². The van der Waals surface area contributed by atoms with Gasteiger partial charge < -0.3 is 10.1 Å². The van der Waals surface area contributed by atoms with E-state index in [-0.39, 0.29) is 0 Å². The molecule has 2 rings (SSSR count). The number of nitrogens with one attached hydrogen (secondary N) is 1. The van der Waals surface area contributed by atoms with E-state index in [0.717, 1.165) is 24.8 Å². The molecule has 1 N–H and O–H groups in total. The Kier molecular flexibility index (Phi) is 2.39. The third kappa shape index (κ3) is 1.87. The Morgan fingerprint density at radius 2 is 2.29 bits per heavy atom. The molecule has 0 aromatic heterocycles. The quantitative estimate of drug-likeness (QED) is 0.740. The van der Waals surface area contributed by atoms with Crippen molar-refractivity contribution >= 4 is 12.0 Å². The molecule has 0 heterocycles. The smallest absolute Gasteiger partial charge is 0.153 e. The number of benzene rings is 1. The predicted octanol–water partition coefficient (Wildman–Crippen LogP) is 2.08. The topological polar surface area (TPSA) is 38.3 Å². The summed E-state index contributed by atoms with van der Waals surface area (Å²) in [6.45, 7) is 0. The first-order valence-electron chi connectivity index (χ1n) is 4.77. The van der Waals surface area contributed by atoms with Gasteiger partial charge in [-0.2, -0.15) is 0 Å². The SMILES string of the molecule is CNc1ccc(C=O)c(OC2CC2)c1. The number of hydrogen-bond acceptors (Lipinski definition) is 3. The van der Waals surface area contributed by atoms with Crippen molar-refractivity contribution in [2.24, 2.45) is 0 Å². The summed E-state index contributed by atoms with van der Waals surface area (Å²) in [6, 6.07) is 5.50. The Labute approximate surface area is 83.1 Å². The van der Waals surface area contributed by atoms with Crippen LogP contribution in [0.4, 0.5) is 5.69 Å². The maximum absolute atomic E-state index is 10.7. The first-order valence-corrected chi connectivity index (χ1v) is 4.77. The maximum atomic E-state index is 10.7. The summed E-state index contributed by atoms with van der Waals surface area (Å²) >= 11 is 0. The lowest BCUT2D eigenvalue weighted by Crippen LogP contribution is -2.00.